The van der Waals surface area contributed by atoms with Gasteiger partial charge in [-0.2, -0.15) is 18.3 Å². The van der Waals surface area contributed by atoms with Crippen LogP contribution in [0.25, 0.3) is 0 Å². The van der Waals surface area contributed by atoms with Crippen molar-refractivity contribution in [3.63, 3.8) is 0 Å². The van der Waals surface area contributed by atoms with E-state index in [0.29, 0.717) is 44.2 Å². The molecule has 37 heavy (non-hydrogen) atoms. The van der Waals surface area contributed by atoms with Crippen molar-refractivity contribution in [3.05, 3.63) is 34.4 Å². The van der Waals surface area contributed by atoms with Gasteiger partial charge >= 0.3 is 11.7 Å². The van der Waals surface area contributed by atoms with Gasteiger partial charge in [-0.3, -0.25) is 9.59 Å². The highest BCUT2D eigenvalue weighted by Crippen LogP contribution is 2.38. The number of hydrogen-bond acceptors (Lipinski definition) is 9. The van der Waals surface area contributed by atoms with E-state index in [1.54, 1.807) is 4.90 Å². The maximum absolute atomic E-state index is 13.1. The molecule has 2 aromatic rings. The number of anilines is 2. The predicted molar refractivity (Wildman–Crippen MR) is 127 cm³/mol. The summed E-state index contributed by atoms with van der Waals surface area (Å²) in [6.45, 7) is 3.90. The number of fused-ring (bicyclic) bond motifs is 3. The summed E-state index contributed by atoms with van der Waals surface area (Å²) >= 11 is 0. The van der Waals surface area contributed by atoms with Gasteiger partial charge in [0.05, 0.1) is 51.2 Å². The number of H-pyrrole nitrogens is 1. The summed E-state index contributed by atoms with van der Waals surface area (Å²) in [5, 5.41) is 9.14. The van der Waals surface area contributed by atoms with Crippen LogP contribution >= 0.6 is 0 Å². The van der Waals surface area contributed by atoms with Gasteiger partial charge in [0.2, 0.25) is 11.7 Å². The quantitative estimate of drug-likeness (QED) is 0.497. The van der Waals surface area contributed by atoms with Gasteiger partial charge in [-0.25, -0.2) is 10.1 Å². The van der Waals surface area contributed by atoms with Crippen LogP contribution in [0.15, 0.2) is 23.3 Å². The van der Waals surface area contributed by atoms with Crippen LogP contribution in [0.1, 0.15) is 25.3 Å². The molecule has 2 aliphatic heterocycles. The lowest BCUT2D eigenvalue weighted by Crippen LogP contribution is -2.55. The Labute approximate surface area is 210 Å². The molecule has 0 aromatic carbocycles. The Hall–Kier alpha value is -3.55. The Kier molecular flexibility index (Phi) is 8.05. The van der Waals surface area contributed by atoms with E-state index in [-0.39, 0.29) is 49.1 Å². The fraction of sp³-hybridized carbons (Fsp3) is 0.565. The molecule has 0 saturated carbocycles. The zero-order chi connectivity index (χ0) is 26.6. The van der Waals surface area contributed by atoms with E-state index in [0.717, 1.165) is 12.3 Å². The summed E-state index contributed by atoms with van der Waals surface area (Å²) in [5.41, 5.74) is -0.859. The molecule has 2 atom stereocenters. The van der Waals surface area contributed by atoms with Crippen molar-refractivity contribution in [2.75, 3.05) is 56.8 Å². The number of nitrogens with one attached hydrogen (secondary N) is 2. The molecule has 1 fully saturated rings. The van der Waals surface area contributed by atoms with Gasteiger partial charge in [0.1, 0.15) is 5.69 Å². The standard InChI is InChI=1S/C23H29F3N6O5/c1-14(29-17-11-28-30-22(34)20(17)35-2)13-36-7-4-19(33)31-5-6-32-16(12-31)3-8-37-18-9-15(23(24,25)26)10-27-21(18)32/h9-11,14,16H,3-8,12-13H2,1-2H3,(H2,29,30,34)/t14-,16?/m0/s1. The smallest absolute Gasteiger partial charge is 0.418 e. The molecule has 1 saturated heterocycles. The predicted octanol–water partition coefficient (Wildman–Crippen LogP) is 1.90. The molecule has 0 bridgehead atoms. The van der Waals surface area contributed by atoms with Gasteiger partial charge < -0.3 is 29.3 Å². The number of rotatable bonds is 8. The molecule has 14 heteroatoms. The first-order chi connectivity index (χ1) is 17.7. The summed E-state index contributed by atoms with van der Waals surface area (Å²) in [6.07, 6.45) is -1.49. The minimum absolute atomic E-state index is 0.0634. The van der Waals surface area contributed by atoms with Crippen LogP contribution in [-0.2, 0) is 15.7 Å². The number of hydrogen-bond donors (Lipinski definition) is 2. The van der Waals surface area contributed by atoms with E-state index in [9.17, 15) is 22.8 Å². The number of halogens is 3. The number of carbonyl (C=O) groups is 1. The Morgan fingerprint density at radius 3 is 2.92 bits per heavy atom. The highest BCUT2D eigenvalue weighted by Gasteiger charge is 2.36. The molecule has 2 aliphatic rings. The average Bonchev–Trinajstić information content (AvgIpc) is 3.04. The van der Waals surface area contributed by atoms with Crippen LogP contribution in [0.5, 0.6) is 11.5 Å². The summed E-state index contributed by atoms with van der Waals surface area (Å²) < 4.78 is 55.5. The van der Waals surface area contributed by atoms with Crippen LogP contribution in [0.4, 0.5) is 24.7 Å². The Morgan fingerprint density at radius 2 is 2.16 bits per heavy atom. The third-order valence-electron chi connectivity index (χ3n) is 6.22. The van der Waals surface area contributed by atoms with Crippen LogP contribution in [0.2, 0.25) is 0 Å². The molecule has 1 amide bonds. The van der Waals surface area contributed by atoms with Crippen molar-refractivity contribution in [2.24, 2.45) is 0 Å². The third kappa shape index (κ3) is 6.24. The summed E-state index contributed by atoms with van der Waals surface area (Å²) in [4.78, 5) is 32.2. The number of nitrogens with zero attached hydrogens (tertiary/aromatic N) is 4. The number of pyridine rings is 1. The van der Waals surface area contributed by atoms with Gasteiger partial charge in [0.15, 0.2) is 11.6 Å². The minimum atomic E-state index is -4.50. The van der Waals surface area contributed by atoms with E-state index in [2.05, 4.69) is 20.5 Å². The normalized spacial score (nSPS) is 18.2. The van der Waals surface area contributed by atoms with Crippen molar-refractivity contribution in [2.45, 2.75) is 38.0 Å². The first-order valence-electron chi connectivity index (χ1n) is 11.9. The molecule has 1 unspecified atom stereocenters. The lowest BCUT2D eigenvalue weighted by Gasteiger charge is -2.41. The van der Waals surface area contributed by atoms with Gasteiger partial charge in [0.25, 0.3) is 0 Å². The van der Waals surface area contributed by atoms with Gasteiger partial charge in [-0.15, -0.1) is 0 Å². The molecule has 0 radical (unpaired) electrons. The molecule has 2 N–H and O–H groups in total. The molecule has 11 nitrogen and oxygen atoms in total. The van der Waals surface area contributed by atoms with E-state index >= 15 is 0 Å². The van der Waals surface area contributed by atoms with Gasteiger partial charge in [-0.1, -0.05) is 0 Å². The second-order valence-electron chi connectivity index (χ2n) is 8.88. The lowest BCUT2D eigenvalue weighted by molar-refractivity contribution is -0.138. The fourth-order valence-electron chi connectivity index (χ4n) is 4.40. The van der Waals surface area contributed by atoms with Gasteiger partial charge in [0, 0.05) is 38.3 Å². The van der Waals surface area contributed by atoms with Crippen LogP contribution in [0.3, 0.4) is 0 Å². The number of carbonyl (C=O) groups excluding carboxylic acids is 1. The van der Waals surface area contributed by atoms with E-state index in [1.165, 1.54) is 13.3 Å². The number of methoxy groups -OCH3 is 1. The molecule has 202 valence electrons. The summed E-state index contributed by atoms with van der Waals surface area (Å²) in [6, 6.07) is 0.705. The van der Waals surface area contributed by atoms with E-state index < -0.39 is 17.3 Å². The second-order valence-corrected chi connectivity index (χ2v) is 8.88. The average molecular weight is 527 g/mol. The fourth-order valence-corrected chi connectivity index (χ4v) is 4.40. The van der Waals surface area contributed by atoms with Crippen molar-refractivity contribution < 1.29 is 32.2 Å². The number of aromatic amines is 1. The zero-order valence-corrected chi connectivity index (χ0v) is 20.5. The van der Waals surface area contributed by atoms with Crippen LogP contribution in [-0.4, -0.2) is 84.6 Å². The highest BCUT2D eigenvalue weighted by molar-refractivity contribution is 5.76. The van der Waals surface area contributed by atoms with Gasteiger partial charge in [-0.05, 0) is 13.0 Å². The SMILES string of the molecule is COc1c(N[C@@H](C)COCCC(=O)N2CCN3c4ncc(C(F)(F)F)cc4OCCC3C2)cn[nH]c1=O. The maximum atomic E-state index is 13.1. The minimum Gasteiger partial charge on any atom is -0.490 e. The molecule has 0 spiro atoms. The topological polar surface area (TPSA) is 122 Å². The first kappa shape index (κ1) is 26.5. The van der Waals surface area contributed by atoms with Crippen molar-refractivity contribution in [1.29, 1.82) is 0 Å². The summed E-state index contributed by atoms with van der Waals surface area (Å²) in [5.74, 6) is 0.548. The summed E-state index contributed by atoms with van der Waals surface area (Å²) in [7, 11) is 1.39. The Morgan fingerprint density at radius 1 is 1.35 bits per heavy atom. The Bertz CT molecular complexity index is 1160. The highest BCUT2D eigenvalue weighted by atomic mass is 19.4. The lowest BCUT2D eigenvalue weighted by atomic mass is 10.1. The monoisotopic (exact) mass is 526 g/mol. The number of ether oxygens (including phenoxy) is 3. The van der Waals surface area contributed by atoms with Crippen LogP contribution < -0.4 is 25.2 Å². The number of amides is 1. The first-order valence-corrected chi connectivity index (χ1v) is 11.9. The largest absolute Gasteiger partial charge is 0.490 e. The van der Waals surface area contributed by atoms with E-state index in [1.807, 2.05) is 11.8 Å². The number of alkyl halides is 3. The molecular weight excluding hydrogens is 497 g/mol. The number of piperazine rings is 1. The Balaban J connectivity index is 1.25. The zero-order valence-electron chi connectivity index (χ0n) is 20.5. The third-order valence-corrected chi connectivity index (χ3v) is 6.22. The molecular formula is C23H29F3N6O5. The molecule has 2 aromatic heterocycles. The molecule has 0 aliphatic carbocycles. The van der Waals surface area contributed by atoms with Crippen molar-refractivity contribution in [1.82, 2.24) is 20.1 Å². The number of aromatic nitrogens is 3. The second kappa shape index (κ2) is 11.2. The molecule has 4 heterocycles. The van der Waals surface area contributed by atoms with E-state index in [4.69, 9.17) is 14.2 Å². The van der Waals surface area contributed by atoms with Crippen molar-refractivity contribution >= 4 is 17.4 Å². The maximum Gasteiger partial charge on any atom is 0.418 e. The van der Waals surface area contributed by atoms with Crippen LogP contribution in [0, 0.1) is 0 Å². The molecule has 4 rings (SSSR count). The van der Waals surface area contributed by atoms with Crippen molar-refractivity contribution in [3.8, 4) is 11.5 Å².